The average Bonchev–Trinajstić information content (AvgIpc) is 2.95. The largest absolute Gasteiger partial charge is 0.460 e. The van der Waals surface area contributed by atoms with E-state index in [-0.39, 0.29) is 11.2 Å². The Hall–Kier alpha value is -2.10. The molecule has 0 saturated carbocycles. The van der Waals surface area contributed by atoms with Gasteiger partial charge in [0, 0.05) is 6.20 Å². The van der Waals surface area contributed by atoms with Crippen molar-refractivity contribution >= 4 is 12.0 Å². The third kappa shape index (κ3) is 4.47. The Kier molecular flexibility index (Phi) is 5.81. The van der Waals surface area contributed by atoms with Crippen LogP contribution in [0.3, 0.4) is 0 Å². The van der Waals surface area contributed by atoms with Gasteiger partial charge in [-0.05, 0) is 62.7 Å². The zero-order valence-electron chi connectivity index (χ0n) is 15.4. The molecule has 0 radical (unpaired) electrons. The maximum Gasteiger partial charge on any atom is 0.374 e. The highest BCUT2D eigenvalue weighted by Gasteiger charge is 2.26. The monoisotopic (exact) mass is 328 g/mol. The zero-order chi connectivity index (χ0) is 17.7. The molecule has 1 aromatic heterocycles. The number of hydrogen-bond donors (Lipinski definition) is 1. The van der Waals surface area contributed by atoms with E-state index in [0.717, 1.165) is 11.3 Å². The number of rotatable bonds is 5. The number of esters is 1. The Labute approximate surface area is 144 Å². The van der Waals surface area contributed by atoms with Gasteiger partial charge >= 0.3 is 5.97 Å². The maximum atomic E-state index is 11.6. The number of ether oxygens (including phenoxy) is 1. The third-order valence-corrected chi connectivity index (χ3v) is 4.50. The molecule has 4 nitrogen and oxygen atoms in total. The van der Waals surface area contributed by atoms with Gasteiger partial charge in [-0.1, -0.05) is 31.6 Å². The SMILES string of the molecule is CCOC(=O)c1nc(/C=C(\C)C=CC2=C(C)CCCC2(C)C)c[nH]1. The van der Waals surface area contributed by atoms with Crippen LogP contribution in [-0.4, -0.2) is 22.5 Å². The van der Waals surface area contributed by atoms with E-state index < -0.39 is 5.97 Å². The van der Waals surface area contributed by atoms with Gasteiger partial charge in [-0.25, -0.2) is 9.78 Å². The van der Waals surface area contributed by atoms with Gasteiger partial charge in [-0.15, -0.1) is 0 Å². The van der Waals surface area contributed by atoms with E-state index in [0.29, 0.717) is 6.61 Å². The van der Waals surface area contributed by atoms with E-state index >= 15 is 0 Å². The lowest BCUT2D eigenvalue weighted by atomic mass is 9.72. The Morgan fingerprint density at radius 1 is 1.46 bits per heavy atom. The van der Waals surface area contributed by atoms with Crippen molar-refractivity contribution < 1.29 is 9.53 Å². The highest BCUT2D eigenvalue weighted by molar-refractivity contribution is 5.85. The van der Waals surface area contributed by atoms with E-state index in [1.807, 2.05) is 13.0 Å². The molecule has 0 amide bonds. The summed E-state index contributed by atoms with van der Waals surface area (Å²) in [6.07, 6.45) is 11.7. The Balaban J connectivity index is 2.13. The van der Waals surface area contributed by atoms with Crippen LogP contribution in [-0.2, 0) is 4.74 Å². The van der Waals surface area contributed by atoms with Crippen molar-refractivity contribution in [3.63, 3.8) is 0 Å². The molecule has 130 valence electrons. The van der Waals surface area contributed by atoms with Gasteiger partial charge in [0.1, 0.15) is 0 Å². The number of hydrogen-bond acceptors (Lipinski definition) is 3. The number of nitrogens with one attached hydrogen (secondary N) is 1. The molecule has 0 atom stereocenters. The Morgan fingerprint density at radius 2 is 2.21 bits per heavy atom. The highest BCUT2D eigenvalue weighted by atomic mass is 16.5. The summed E-state index contributed by atoms with van der Waals surface area (Å²) < 4.78 is 4.93. The molecule has 24 heavy (non-hydrogen) atoms. The van der Waals surface area contributed by atoms with Crippen molar-refractivity contribution in [3.05, 3.63) is 46.6 Å². The van der Waals surface area contributed by atoms with E-state index in [2.05, 4.69) is 42.9 Å². The fraction of sp³-hybridized carbons (Fsp3) is 0.500. The molecular formula is C20H28N2O2. The molecule has 0 fully saturated rings. The summed E-state index contributed by atoms with van der Waals surface area (Å²) in [6, 6.07) is 0. The van der Waals surface area contributed by atoms with Gasteiger partial charge in [-0.2, -0.15) is 0 Å². The fourth-order valence-corrected chi connectivity index (χ4v) is 3.22. The lowest BCUT2D eigenvalue weighted by Crippen LogP contribution is -2.19. The quantitative estimate of drug-likeness (QED) is 0.606. The molecule has 1 aliphatic carbocycles. The number of carbonyl (C=O) groups excluding carboxylic acids is 1. The van der Waals surface area contributed by atoms with Crippen molar-refractivity contribution in [3.8, 4) is 0 Å². The third-order valence-electron chi connectivity index (χ3n) is 4.50. The molecule has 1 heterocycles. The first-order valence-electron chi connectivity index (χ1n) is 8.62. The highest BCUT2D eigenvalue weighted by Crippen LogP contribution is 2.40. The molecular weight excluding hydrogens is 300 g/mol. The average molecular weight is 328 g/mol. The standard InChI is InChI=1S/C20H28N2O2/c1-6-24-19(23)18-21-13-16(22-18)12-14(2)9-10-17-15(3)8-7-11-20(17,4)5/h9-10,12-13H,6-8,11H2,1-5H3,(H,21,22)/b10-9?,14-12+. The van der Waals surface area contributed by atoms with Crippen LogP contribution in [0.5, 0.6) is 0 Å². The molecule has 4 heteroatoms. The molecule has 1 aromatic rings. The summed E-state index contributed by atoms with van der Waals surface area (Å²) in [4.78, 5) is 18.7. The van der Waals surface area contributed by atoms with Gasteiger partial charge in [0.05, 0.1) is 12.3 Å². The van der Waals surface area contributed by atoms with Gasteiger partial charge < -0.3 is 9.72 Å². The van der Waals surface area contributed by atoms with Crippen molar-refractivity contribution in [1.29, 1.82) is 0 Å². The van der Waals surface area contributed by atoms with Crippen LogP contribution in [0.4, 0.5) is 0 Å². The summed E-state index contributed by atoms with van der Waals surface area (Å²) in [7, 11) is 0. The summed E-state index contributed by atoms with van der Waals surface area (Å²) in [5.41, 5.74) is 4.99. The molecule has 2 rings (SSSR count). The minimum absolute atomic E-state index is 0.239. The maximum absolute atomic E-state index is 11.6. The first kappa shape index (κ1) is 18.2. The second-order valence-electron chi connectivity index (χ2n) is 7.05. The number of allylic oxidation sites excluding steroid dienone is 5. The molecule has 0 unspecified atom stereocenters. The molecule has 0 aliphatic heterocycles. The molecule has 0 aromatic carbocycles. The number of imidazole rings is 1. The summed E-state index contributed by atoms with van der Waals surface area (Å²) >= 11 is 0. The van der Waals surface area contributed by atoms with Gasteiger partial charge in [0.2, 0.25) is 5.82 Å². The molecule has 1 aliphatic rings. The first-order chi connectivity index (χ1) is 11.3. The number of aromatic nitrogens is 2. The molecule has 1 N–H and O–H groups in total. The number of nitrogens with zero attached hydrogens (tertiary/aromatic N) is 1. The van der Waals surface area contributed by atoms with Gasteiger partial charge in [-0.3, -0.25) is 0 Å². The van der Waals surface area contributed by atoms with Crippen LogP contribution in [0.1, 0.15) is 70.2 Å². The second kappa shape index (κ2) is 7.65. The van der Waals surface area contributed by atoms with Crippen molar-refractivity contribution in [2.75, 3.05) is 6.61 Å². The summed E-state index contributed by atoms with van der Waals surface area (Å²) in [5, 5.41) is 0. The van der Waals surface area contributed by atoms with Crippen molar-refractivity contribution in [2.45, 2.75) is 53.9 Å². The van der Waals surface area contributed by atoms with E-state index in [1.165, 1.54) is 30.4 Å². The minimum Gasteiger partial charge on any atom is -0.460 e. The smallest absolute Gasteiger partial charge is 0.374 e. The van der Waals surface area contributed by atoms with Crippen LogP contribution in [0.2, 0.25) is 0 Å². The van der Waals surface area contributed by atoms with Crippen molar-refractivity contribution in [2.24, 2.45) is 5.41 Å². The fourth-order valence-electron chi connectivity index (χ4n) is 3.22. The Morgan fingerprint density at radius 3 is 2.88 bits per heavy atom. The predicted molar refractivity (Wildman–Crippen MR) is 97.7 cm³/mol. The number of H-pyrrole nitrogens is 1. The normalized spacial score (nSPS) is 18.3. The van der Waals surface area contributed by atoms with Crippen LogP contribution in [0.25, 0.3) is 6.08 Å². The van der Waals surface area contributed by atoms with Crippen LogP contribution in [0.15, 0.2) is 35.1 Å². The molecule has 0 spiro atoms. The number of carbonyl (C=O) groups is 1. The van der Waals surface area contributed by atoms with Crippen LogP contribution >= 0.6 is 0 Å². The second-order valence-corrected chi connectivity index (χ2v) is 7.05. The molecule has 0 saturated heterocycles. The van der Waals surface area contributed by atoms with Crippen molar-refractivity contribution in [1.82, 2.24) is 9.97 Å². The van der Waals surface area contributed by atoms with E-state index in [9.17, 15) is 4.79 Å². The molecule has 0 bridgehead atoms. The topological polar surface area (TPSA) is 55.0 Å². The summed E-state index contributed by atoms with van der Waals surface area (Å²) in [5.74, 6) is -0.179. The predicted octanol–water partition coefficient (Wildman–Crippen LogP) is 5.07. The van der Waals surface area contributed by atoms with Crippen LogP contribution < -0.4 is 0 Å². The van der Waals surface area contributed by atoms with E-state index in [4.69, 9.17) is 4.74 Å². The van der Waals surface area contributed by atoms with E-state index in [1.54, 1.807) is 13.1 Å². The zero-order valence-corrected chi connectivity index (χ0v) is 15.4. The first-order valence-corrected chi connectivity index (χ1v) is 8.62. The lowest BCUT2D eigenvalue weighted by molar-refractivity contribution is 0.0513. The number of aromatic amines is 1. The van der Waals surface area contributed by atoms with Crippen LogP contribution in [0, 0.1) is 5.41 Å². The van der Waals surface area contributed by atoms with Gasteiger partial charge in [0.25, 0.3) is 0 Å². The minimum atomic E-state index is -0.421. The lowest BCUT2D eigenvalue weighted by Gasteiger charge is -2.32. The van der Waals surface area contributed by atoms with Gasteiger partial charge in [0.15, 0.2) is 0 Å². The summed E-state index contributed by atoms with van der Waals surface area (Å²) in [6.45, 7) is 11.0. The Bertz CT molecular complexity index is 690.